The Morgan fingerprint density at radius 3 is 2.50 bits per heavy atom. The van der Waals surface area contributed by atoms with E-state index in [0.29, 0.717) is 24.3 Å². The monoisotopic (exact) mass is 197 g/mol. The van der Waals surface area contributed by atoms with Gasteiger partial charge in [0.25, 0.3) is 0 Å². The highest BCUT2D eigenvalue weighted by Gasteiger charge is 2.29. The number of carbonyl (C=O) groups is 1. The average molecular weight is 197 g/mol. The van der Waals surface area contributed by atoms with E-state index >= 15 is 0 Å². The molecule has 0 aliphatic heterocycles. The lowest BCUT2D eigenvalue weighted by Gasteiger charge is -1.99. The normalized spacial score (nSPS) is 10.3. The zero-order valence-corrected chi connectivity index (χ0v) is 8.15. The lowest BCUT2D eigenvalue weighted by atomic mass is 9.78. The van der Waals surface area contributed by atoms with Crippen LogP contribution in [0.15, 0.2) is 4.52 Å². The average Bonchev–Trinajstić information content (AvgIpc) is 2.58. The number of aromatic nitrogens is 1. The smallest absolute Gasteiger partial charge is 0.421 e. The van der Waals surface area contributed by atoms with Gasteiger partial charge < -0.3 is 14.6 Å². The predicted octanol–water partition coefficient (Wildman–Crippen LogP) is -0.00590. The SMILES string of the molecule is CCc1noc(CC)c1C(=O)B(O)O. The molecule has 1 aromatic rings. The Hall–Kier alpha value is -1.14. The van der Waals surface area contributed by atoms with Crippen LogP contribution in [0.4, 0.5) is 0 Å². The van der Waals surface area contributed by atoms with Gasteiger partial charge in [-0.05, 0) is 6.42 Å². The minimum atomic E-state index is -2.00. The van der Waals surface area contributed by atoms with Crippen LogP contribution in [-0.2, 0) is 12.8 Å². The Morgan fingerprint density at radius 1 is 1.43 bits per heavy atom. The van der Waals surface area contributed by atoms with E-state index in [1.807, 2.05) is 6.92 Å². The van der Waals surface area contributed by atoms with Gasteiger partial charge in [0.15, 0.2) is 5.68 Å². The van der Waals surface area contributed by atoms with Crippen molar-refractivity contribution >= 4 is 12.8 Å². The first-order valence-corrected chi connectivity index (χ1v) is 4.49. The molecule has 5 nitrogen and oxygen atoms in total. The second-order valence-electron chi connectivity index (χ2n) is 2.87. The quantitative estimate of drug-likeness (QED) is 0.663. The Balaban J connectivity index is 3.14. The summed E-state index contributed by atoms with van der Waals surface area (Å²) in [6.45, 7) is 3.62. The van der Waals surface area contributed by atoms with Crippen molar-refractivity contribution in [3.63, 3.8) is 0 Å². The van der Waals surface area contributed by atoms with Gasteiger partial charge in [0.1, 0.15) is 5.76 Å². The van der Waals surface area contributed by atoms with Crippen LogP contribution in [0.25, 0.3) is 0 Å². The number of hydrogen-bond donors (Lipinski definition) is 2. The molecule has 1 rings (SSSR count). The van der Waals surface area contributed by atoms with Gasteiger partial charge in [-0.1, -0.05) is 19.0 Å². The van der Waals surface area contributed by atoms with E-state index in [-0.39, 0.29) is 5.56 Å². The van der Waals surface area contributed by atoms with Crippen molar-refractivity contribution in [2.24, 2.45) is 0 Å². The molecule has 1 heterocycles. The van der Waals surface area contributed by atoms with E-state index in [1.54, 1.807) is 6.92 Å². The number of aryl methyl sites for hydroxylation is 2. The van der Waals surface area contributed by atoms with Crippen LogP contribution in [0.3, 0.4) is 0 Å². The molecule has 0 atom stereocenters. The highest BCUT2D eigenvalue weighted by atomic mass is 16.5. The third-order valence-electron chi connectivity index (χ3n) is 1.97. The van der Waals surface area contributed by atoms with Gasteiger partial charge in [-0.3, -0.25) is 4.79 Å². The largest absolute Gasteiger partial charge is 0.532 e. The Kier molecular flexibility index (Phi) is 3.43. The highest BCUT2D eigenvalue weighted by molar-refractivity contribution is 6.81. The maximum atomic E-state index is 11.4. The summed E-state index contributed by atoms with van der Waals surface area (Å²) in [6, 6.07) is 0. The molecule has 0 unspecified atom stereocenters. The molecule has 0 radical (unpaired) electrons. The molecule has 76 valence electrons. The third-order valence-corrected chi connectivity index (χ3v) is 1.97. The highest BCUT2D eigenvalue weighted by Crippen LogP contribution is 2.16. The Bertz CT molecular complexity index is 313. The first kappa shape index (κ1) is 10.9. The van der Waals surface area contributed by atoms with Crippen molar-refractivity contribution in [1.29, 1.82) is 0 Å². The molecule has 0 saturated heterocycles. The maximum absolute atomic E-state index is 11.4. The van der Waals surface area contributed by atoms with Crippen molar-refractivity contribution in [3.8, 4) is 0 Å². The van der Waals surface area contributed by atoms with Gasteiger partial charge in [-0.2, -0.15) is 0 Å². The molecule has 0 saturated carbocycles. The zero-order valence-electron chi connectivity index (χ0n) is 8.15. The predicted molar refractivity (Wildman–Crippen MR) is 49.8 cm³/mol. The Morgan fingerprint density at radius 2 is 2.07 bits per heavy atom. The summed E-state index contributed by atoms with van der Waals surface area (Å²) in [5.74, 6) is 0.403. The number of carbonyl (C=O) groups excluding carboxylic acids is 1. The van der Waals surface area contributed by atoms with Crippen LogP contribution >= 0.6 is 0 Å². The fourth-order valence-corrected chi connectivity index (χ4v) is 1.25. The topological polar surface area (TPSA) is 83.6 Å². The first-order chi connectivity index (χ1) is 6.61. The molecule has 0 fully saturated rings. The number of hydrogen-bond acceptors (Lipinski definition) is 5. The lowest BCUT2D eigenvalue weighted by Crippen LogP contribution is -2.27. The standard InChI is InChI=1S/C8H12BNO4/c1-3-5-7(8(11)9(12)13)6(4-2)14-10-5/h12-13H,3-4H2,1-2H3. The summed E-state index contributed by atoms with van der Waals surface area (Å²) < 4.78 is 4.91. The van der Waals surface area contributed by atoms with Crippen LogP contribution in [0.1, 0.15) is 35.7 Å². The van der Waals surface area contributed by atoms with Crippen LogP contribution in [0, 0.1) is 0 Å². The van der Waals surface area contributed by atoms with Crippen molar-refractivity contribution in [1.82, 2.24) is 5.16 Å². The van der Waals surface area contributed by atoms with Crippen molar-refractivity contribution in [2.45, 2.75) is 26.7 Å². The summed E-state index contributed by atoms with van der Waals surface area (Å²) in [7, 11) is -2.00. The van der Waals surface area contributed by atoms with Gasteiger partial charge in [0, 0.05) is 6.42 Å². The summed E-state index contributed by atoms with van der Waals surface area (Å²) in [5, 5.41) is 21.2. The van der Waals surface area contributed by atoms with Gasteiger partial charge in [0.05, 0.1) is 11.3 Å². The molecular formula is C8H12BNO4. The van der Waals surface area contributed by atoms with E-state index in [1.165, 1.54) is 0 Å². The first-order valence-electron chi connectivity index (χ1n) is 4.49. The van der Waals surface area contributed by atoms with Crippen LogP contribution in [0.5, 0.6) is 0 Å². The van der Waals surface area contributed by atoms with E-state index < -0.39 is 12.8 Å². The molecule has 1 aromatic heterocycles. The molecule has 0 bridgehead atoms. The second-order valence-corrected chi connectivity index (χ2v) is 2.87. The zero-order chi connectivity index (χ0) is 10.7. The lowest BCUT2D eigenvalue weighted by molar-refractivity contribution is 0.103. The van der Waals surface area contributed by atoms with Crippen molar-refractivity contribution in [3.05, 3.63) is 17.0 Å². The van der Waals surface area contributed by atoms with Gasteiger partial charge >= 0.3 is 7.12 Å². The third kappa shape index (κ3) is 1.86. The Labute approximate surface area is 81.9 Å². The summed E-state index contributed by atoms with van der Waals surface area (Å²) in [6.07, 6.45) is 1.03. The van der Waals surface area contributed by atoms with Gasteiger partial charge in [0.2, 0.25) is 0 Å². The molecule has 0 aromatic carbocycles. The molecule has 0 aliphatic rings. The molecule has 0 aliphatic carbocycles. The minimum Gasteiger partial charge on any atom is -0.421 e. The number of nitrogens with zero attached hydrogens (tertiary/aromatic N) is 1. The number of rotatable bonds is 4. The van der Waals surface area contributed by atoms with E-state index in [4.69, 9.17) is 14.6 Å². The maximum Gasteiger partial charge on any atom is 0.532 e. The van der Waals surface area contributed by atoms with Crippen molar-refractivity contribution in [2.75, 3.05) is 0 Å². The summed E-state index contributed by atoms with van der Waals surface area (Å²) in [5.41, 5.74) is -0.0649. The molecular weight excluding hydrogens is 185 g/mol. The van der Waals surface area contributed by atoms with E-state index in [9.17, 15) is 4.79 Å². The van der Waals surface area contributed by atoms with E-state index in [2.05, 4.69) is 5.16 Å². The van der Waals surface area contributed by atoms with Crippen LogP contribution in [-0.4, -0.2) is 28.0 Å². The van der Waals surface area contributed by atoms with Crippen LogP contribution in [0.2, 0.25) is 0 Å². The minimum absolute atomic E-state index is 0.213. The van der Waals surface area contributed by atoms with Gasteiger partial charge in [-0.15, -0.1) is 0 Å². The fourth-order valence-electron chi connectivity index (χ4n) is 1.25. The van der Waals surface area contributed by atoms with Crippen molar-refractivity contribution < 1.29 is 19.4 Å². The fraction of sp³-hybridized carbons (Fsp3) is 0.500. The molecule has 2 N–H and O–H groups in total. The summed E-state index contributed by atoms with van der Waals surface area (Å²) in [4.78, 5) is 11.4. The molecule has 6 heteroatoms. The molecule has 0 amide bonds. The van der Waals surface area contributed by atoms with Gasteiger partial charge in [-0.25, -0.2) is 0 Å². The second kappa shape index (κ2) is 4.39. The van der Waals surface area contributed by atoms with E-state index in [0.717, 1.165) is 0 Å². The molecule has 14 heavy (non-hydrogen) atoms. The van der Waals surface area contributed by atoms with Crippen LogP contribution < -0.4 is 0 Å². The summed E-state index contributed by atoms with van der Waals surface area (Å²) >= 11 is 0. The molecule has 0 spiro atoms.